The maximum atomic E-state index is 13.3. The van der Waals surface area contributed by atoms with Gasteiger partial charge in [-0.3, -0.25) is 9.59 Å². The van der Waals surface area contributed by atoms with E-state index in [0.29, 0.717) is 42.6 Å². The maximum absolute atomic E-state index is 13.3. The number of benzene rings is 3. The van der Waals surface area contributed by atoms with Crippen LogP contribution in [0.15, 0.2) is 119 Å². The lowest BCUT2D eigenvalue weighted by Gasteiger charge is -2.30. The second-order valence-corrected chi connectivity index (χ2v) is 12.4. The van der Waals surface area contributed by atoms with E-state index in [9.17, 15) is 18.0 Å². The number of hydrogen-bond acceptors (Lipinski definition) is 6. The monoisotopic (exact) mass is 532 g/mol. The molecule has 0 saturated heterocycles. The minimum atomic E-state index is -1.41. The van der Waals surface area contributed by atoms with Crippen molar-refractivity contribution in [3.8, 4) is 11.1 Å². The molecule has 2 heterocycles. The van der Waals surface area contributed by atoms with Crippen molar-refractivity contribution in [2.75, 3.05) is 0 Å². The highest BCUT2D eigenvalue weighted by molar-refractivity contribution is 7.86. The van der Waals surface area contributed by atoms with Crippen LogP contribution in [0.2, 0.25) is 0 Å². The maximum Gasteiger partial charge on any atom is 0.189 e. The Labute approximate surface area is 223 Å². The number of ketones is 2. The summed E-state index contributed by atoms with van der Waals surface area (Å²) in [5.74, 6) is -0.571. The summed E-state index contributed by atoms with van der Waals surface area (Å²) in [5.41, 5.74) is 5.25. The molecular formula is C32H20O4S2-2. The van der Waals surface area contributed by atoms with Crippen molar-refractivity contribution in [2.24, 2.45) is 5.92 Å². The third kappa shape index (κ3) is 3.48. The highest BCUT2D eigenvalue weighted by Crippen LogP contribution is 2.35. The van der Waals surface area contributed by atoms with Crippen molar-refractivity contribution in [3.63, 3.8) is 0 Å². The molecule has 4 nitrogen and oxygen atoms in total. The van der Waals surface area contributed by atoms with Gasteiger partial charge < -0.3 is 8.42 Å². The lowest BCUT2D eigenvalue weighted by molar-refractivity contribution is 0.0968. The first kappa shape index (κ1) is 23.1. The number of allylic oxidation sites excluding steroid dienone is 8. The molecule has 2 aliphatic carbocycles. The quantitative estimate of drug-likeness (QED) is 0.305. The molecule has 38 heavy (non-hydrogen) atoms. The van der Waals surface area contributed by atoms with E-state index in [0.717, 1.165) is 22.3 Å². The van der Waals surface area contributed by atoms with Crippen molar-refractivity contribution in [2.45, 2.75) is 16.2 Å². The Bertz CT molecular complexity index is 1920. The van der Waals surface area contributed by atoms with Gasteiger partial charge in [-0.15, -0.1) is 19.5 Å². The predicted octanol–water partition coefficient (Wildman–Crippen LogP) is 5.89. The van der Waals surface area contributed by atoms with Crippen LogP contribution in [-0.2, 0) is 29.2 Å². The van der Waals surface area contributed by atoms with Crippen LogP contribution in [0.4, 0.5) is 0 Å². The van der Waals surface area contributed by atoms with Gasteiger partial charge in [-0.2, -0.15) is 0 Å². The molecule has 6 heteroatoms. The van der Waals surface area contributed by atoms with Crippen LogP contribution in [0.1, 0.15) is 32.7 Å². The first-order valence-electron chi connectivity index (χ1n) is 12.3. The molecule has 0 saturated carbocycles. The third-order valence-electron chi connectivity index (χ3n) is 7.39. The minimum Gasteiger partial charge on any atom is -0.457 e. The van der Waals surface area contributed by atoms with Gasteiger partial charge in [-0.1, -0.05) is 97.1 Å². The number of carbonyl (C=O) groups excluding carboxylic acids is 2. The lowest BCUT2D eigenvalue weighted by atomic mass is 9.88. The average molecular weight is 533 g/mol. The van der Waals surface area contributed by atoms with Gasteiger partial charge in [-0.25, -0.2) is 20.8 Å². The van der Waals surface area contributed by atoms with Crippen LogP contribution >= 0.6 is 0 Å². The summed E-state index contributed by atoms with van der Waals surface area (Å²) in [6.07, 6.45) is 11.4. The van der Waals surface area contributed by atoms with E-state index in [2.05, 4.69) is 0 Å². The number of fused-ring (bicyclic) bond motifs is 4. The number of carbonyl (C=O) groups is 2. The van der Waals surface area contributed by atoms with Gasteiger partial charge in [0.15, 0.2) is 11.6 Å². The number of rotatable bonds is 2. The van der Waals surface area contributed by atoms with Crippen molar-refractivity contribution in [1.82, 2.24) is 0 Å². The second kappa shape index (κ2) is 8.79. The van der Waals surface area contributed by atoms with Crippen LogP contribution in [0.5, 0.6) is 0 Å². The zero-order valence-electron chi connectivity index (χ0n) is 20.0. The standard InChI is InChI=1S/C32H20O4S2/c33-31-23-8-1-3-10-27(23)37(35)29-17-21(12-14-25(29)31)19-6-5-7-20(16-19)22-13-15-26-30(18-22)38(36)28-11-4-2-9-24(28)32(26)34/h1-17,23H,18H2/q-2. The summed E-state index contributed by atoms with van der Waals surface area (Å²) in [4.78, 5) is 28.4. The van der Waals surface area contributed by atoms with Crippen molar-refractivity contribution in [1.29, 1.82) is 0 Å². The first-order chi connectivity index (χ1) is 18.5. The minimum absolute atomic E-state index is 0.0286. The fourth-order valence-electron chi connectivity index (χ4n) is 5.43. The highest BCUT2D eigenvalue weighted by atomic mass is 32.2. The van der Waals surface area contributed by atoms with Gasteiger partial charge in [-0.05, 0) is 34.8 Å². The van der Waals surface area contributed by atoms with Crippen LogP contribution in [0.25, 0.3) is 16.7 Å². The highest BCUT2D eigenvalue weighted by Gasteiger charge is 2.26. The second-order valence-electron chi connectivity index (χ2n) is 9.51. The Balaban J connectivity index is 1.28. The molecule has 0 spiro atoms. The summed E-state index contributed by atoms with van der Waals surface area (Å²) >= 11 is 0. The van der Waals surface area contributed by atoms with Gasteiger partial charge in [0.1, 0.15) is 0 Å². The van der Waals surface area contributed by atoms with E-state index in [-0.39, 0.29) is 11.6 Å². The van der Waals surface area contributed by atoms with E-state index < -0.39 is 26.7 Å². The summed E-state index contributed by atoms with van der Waals surface area (Å²) in [5, 5.41) is 0. The SMILES string of the molecule is O=C1C2=CC=C(c3cccc(-c4ccc5c(c4)[S-](=O)=C4C=CC=CC4C5=O)c3)CC2=[S-](=O)c2ccccc21. The van der Waals surface area contributed by atoms with E-state index in [1.165, 1.54) is 0 Å². The van der Waals surface area contributed by atoms with E-state index >= 15 is 0 Å². The van der Waals surface area contributed by atoms with Crippen LogP contribution in [0.3, 0.4) is 0 Å². The normalized spacial score (nSPS) is 20.4. The molecule has 0 N–H and O–H groups in total. The summed E-state index contributed by atoms with van der Waals surface area (Å²) in [6.45, 7) is 0. The Kier molecular flexibility index (Phi) is 5.35. The van der Waals surface area contributed by atoms with Gasteiger partial charge >= 0.3 is 0 Å². The number of hydrogen-bond donors (Lipinski definition) is 0. The topological polar surface area (TPSA) is 68.3 Å². The van der Waals surface area contributed by atoms with Crippen LogP contribution < -0.4 is 0 Å². The van der Waals surface area contributed by atoms with Gasteiger partial charge in [0.05, 0.1) is 0 Å². The molecule has 0 radical (unpaired) electrons. The molecule has 0 bridgehead atoms. The average Bonchev–Trinajstić information content (AvgIpc) is 2.98. The third-order valence-corrected chi connectivity index (χ3v) is 10.5. The molecule has 1 unspecified atom stereocenters. The molecule has 7 rings (SSSR count). The summed E-state index contributed by atoms with van der Waals surface area (Å²) in [7, 11) is -2.80. The Morgan fingerprint density at radius 2 is 1.53 bits per heavy atom. The molecule has 1 atom stereocenters. The molecule has 2 aliphatic heterocycles. The molecule has 3 aromatic carbocycles. The van der Waals surface area contributed by atoms with E-state index in [4.69, 9.17) is 0 Å². The molecule has 3 aromatic rings. The lowest BCUT2D eigenvalue weighted by Crippen LogP contribution is -2.29. The molecule has 0 fully saturated rings. The zero-order valence-corrected chi connectivity index (χ0v) is 21.7. The van der Waals surface area contributed by atoms with Gasteiger partial charge in [0.25, 0.3) is 0 Å². The van der Waals surface area contributed by atoms with Crippen LogP contribution in [0, 0.1) is 5.92 Å². The molecule has 0 aromatic heterocycles. The molecular weight excluding hydrogens is 512 g/mol. The van der Waals surface area contributed by atoms with Gasteiger partial charge in [0, 0.05) is 22.6 Å². The molecule has 0 amide bonds. The summed E-state index contributed by atoms with van der Waals surface area (Å²) in [6, 6.07) is 20.6. The molecule has 186 valence electrons. The predicted molar refractivity (Wildman–Crippen MR) is 152 cm³/mol. The molecule has 4 aliphatic rings. The Morgan fingerprint density at radius 3 is 2.42 bits per heavy atom. The fourth-order valence-corrected chi connectivity index (χ4v) is 8.38. The number of Topliss-reactive ketones (excluding diaryl/α,β-unsaturated/α-hetero) is 2. The zero-order chi connectivity index (χ0) is 26.0. The Morgan fingerprint density at radius 1 is 0.711 bits per heavy atom. The fraction of sp³-hybridized carbons (Fsp3) is 0.0625. The van der Waals surface area contributed by atoms with E-state index in [1.54, 1.807) is 48.6 Å². The summed E-state index contributed by atoms with van der Waals surface area (Å²) < 4.78 is 26.7. The largest absolute Gasteiger partial charge is 0.457 e. The Hall–Kier alpha value is -4.00. The van der Waals surface area contributed by atoms with Gasteiger partial charge in [0.2, 0.25) is 0 Å². The van der Waals surface area contributed by atoms with Crippen LogP contribution in [-0.4, -0.2) is 21.3 Å². The van der Waals surface area contributed by atoms with Crippen molar-refractivity contribution >= 4 is 47.6 Å². The van der Waals surface area contributed by atoms with E-state index in [1.807, 2.05) is 54.6 Å². The smallest absolute Gasteiger partial charge is 0.189 e. The first-order valence-corrected chi connectivity index (χ1v) is 14.6. The van der Waals surface area contributed by atoms with Crippen molar-refractivity contribution < 1.29 is 18.0 Å². The van der Waals surface area contributed by atoms with Crippen molar-refractivity contribution in [3.05, 3.63) is 125 Å².